The minimum absolute atomic E-state index is 0.420. The predicted molar refractivity (Wildman–Crippen MR) is 98.7 cm³/mol. The van der Waals surface area contributed by atoms with E-state index in [1.54, 1.807) is 0 Å². The molecule has 5 heteroatoms. The summed E-state index contributed by atoms with van der Waals surface area (Å²) in [5.74, 6) is 1.79. The zero-order valence-corrected chi connectivity index (χ0v) is 15.0. The lowest BCUT2D eigenvalue weighted by molar-refractivity contribution is 0.128. The predicted octanol–water partition coefficient (Wildman–Crippen LogP) is 2.83. The molecule has 1 saturated carbocycles. The molecular weight excluding hydrogens is 302 g/mol. The Hall–Kier alpha value is -1.75. The van der Waals surface area contributed by atoms with Gasteiger partial charge in [-0.2, -0.15) is 0 Å². The summed E-state index contributed by atoms with van der Waals surface area (Å²) in [5.41, 5.74) is 0.420. The second-order valence-corrected chi connectivity index (χ2v) is 6.31. The normalized spacial score (nSPS) is 15.8. The number of para-hydroxylation sites is 1. The van der Waals surface area contributed by atoms with Crippen molar-refractivity contribution in [1.82, 2.24) is 10.6 Å². The Labute approximate surface area is 145 Å². The van der Waals surface area contributed by atoms with Crippen LogP contribution in [0.4, 0.5) is 0 Å². The van der Waals surface area contributed by atoms with Gasteiger partial charge in [0.15, 0.2) is 5.96 Å². The topological polar surface area (TPSA) is 54.9 Å². The number of benzene rings is 1. The fourth-order valence-electron chi connectivity index (χ4n) is 2.60. The Morgan fingerprint density at radius 1 is 1.17 bits per heavy atom. The van der Waals surface area contributed by atoms with Gasteiger partial charge in [0.25, 0.3) is 0 Å². The van der Waals surface area contributed by atoms with E-state index in [0.717, 1.165) is 50.9 Å². The average molecular weight is 333 g/mol. The van der Waals surface area contributed by atoms with Gasteiger partial charge < -0.3 is 20.1 Å². The van der Waals surface area contributed by atoms with Gasteiger partial charge in [-0.25, -0.2) is 0 Å². The molecule has 0 heterocycles. The number of aliphatic imine (C=N–C) groups is 1. The van der Waals surface area contributed by atoms with Gasteiger partial charge in [-0.05, 0) is 50.2 Å². The molecule has 0 saturated heterocycles. The second-order valence-electron chi connectivity index (χ2n) is 6.31. The van der Waals surface area contributed by atoms with Crippen LogP contribution in [0, 0.1) is 5.41 Å². The van der Waals surface area contributed by atoms with Crippen molar-refractivity contribution in [2.24, 2.45) is 10.4 Å². The molecule has 0 atom stereocenters. The van der Waals surface area contributed by atoms with Crippen molar-refractivity contribution in [3.8, 4) is 5.75 Å². The first-order valence-corrected chi connectivity index (χ1v) is 8.98. The van der Waals surface area contributed by atoms with E-state index in [-0.39, 0.29) is 0 Å². The first-order valence-electron chi connectivity index (χ1n) is 8.98. The zero-order chi connectivity index (χ0) is 17.1. The molecule has 0 amide bonds. The highest BCUT2D eigenvalue weighted by Gasteiger charge is 2.41. The molecule has 1 aliphatic carbocycles. The molecule has 134 valence electrons. The van der Waals surface area contributed by atoms with Crippen LogP contribution in [-0.4, -0.2) is 45.9 Å². The molecule has 0 aromatic heterocycles. The Morgan fingerprint density at radius 2 is 1.96 bits per heavy atom. The molecular formula is C19H31N3O2. The third-order valence-corrected chi connectivity index (χ3v) is 4.42. The Kier molecular flexibility index (Phi) is 7.89. The van der Waals surface area contributed by atoms with Crippen molar-refractivity contribution in [2.45, 2.75) is 32.6 Å². The van der Waals surface area contributed by atoms with Crippen LogP contribution in [0.3, 0.4) is 0 Å². The largest absolute Gasteiger partial charge is 0.494 e. The first kappa shape index (κ1) is 18.6. The number of ether oxygens (including phenoxy) is 2. The van der Waals surface area contributed by atoms with E-state index >= 15 is 0 Å². The minimum Gasteiger partial charge on any atom is -0.494 e. The molecule has 1 aromatic carbocycles. The summed E-state index contributed by atoms with van der Waals surface area (Å²) in [6.45, 7) is 6.23. The van der Waals surface area contributed by atoms with Crippen LogP contribution in [0.1, 0.15) is 32.6 Å². The van der Waals surface area contributed by atoms with Crippen LogP contribution in [0.25, 0.3) is 0 Å². The third-order valence-electron chi connectivity index (χ3n) is 4.42. The number of nitrogens with one attached hydrogen (secondary N) is 2. The van der Waals surface area contributed by atoms with Crippen LogP contribution in [0.15, 0.2) is 35.3 Å². The SMILES string of the molecule is CCOCCC1(CNC(=NC)NCCCOc2ccccc2)CC1. The van der Waals surface area contributed by atoms with Crippen LogP contribution >= 0.6 is 0 Å². The van der Waals surface area contributed by atoms with Crippen molar-refractivity contribution in [3.63, 3.8) is 0 Å². The molecule has 1 aliphatic rings. The van der Waals surface area contributed by atoms with Gasteiger partial charge in [0, 0.05) is 33.4 Å². The highest BCUT2D eigenvalue weighted by atomic mass is 16.5. The Morgan fingerprint density at radius 3 is 2.62 bits per heavy atom. The molecule has 24 heavy (non-hydrogen) atoms. The van der Waals surface area contributed by atoms with Gasteiger partial charge in [0.1, 0.15) is 5.75 Å². The van der Waals surface area contributed by atoms with Crippen molar-refractivity contribution in [1.29, 1.82) is 0 Å². The minimum atomic E-state index is 0.420. The van der Waals surface area contributed by atoms with Crippen molar-refractivity contribution in [2.75, 3.05) is 40.0 Å². The lowest BCUT2D eigenvalue weighted by atomic mass is 10.0. The summed E-state index contributed by atoms with van der Waals surface area (Å²) < 4.78 is 11.2. The van der Waals surface area contributed by atoms with Gasteiger partial charge in [-0.15, -0.1) is 0 Å². The number of hydrogen-bond donors (Lipinski definition) is 2. The van der Waals surface area contributed by atoms with Gasteiger partial charge in [0.2, 0.25) is 0 Å². The van der Waals surface area contributed by atoms with E-state index in [1.807, 2.05) is 44.3 Å². The van der Waals surface area contributed by atoms with Gasteiger partial charge in [0.05, 0.1) is 6.61 Å². The molecule has 2 N–H and O–H groups in total. The highest BCUT2D eigenvalue weighted by molar-refractivity contribution is 5.79. The number of rotatable bonds is 11. The van der Waals surface area contributed by atoms with E-state index in [9.17, 15) is 0 Å². The van der Waals surface area contributed by atoms with E-state index in [2.05, 4.69) is 15.6 Å². The third kappa shape index (κ3) is 6.79. The molecule has 0 radical (unpaired) electrons. The van der Waals surface area contributed by atoms with Gasteiger partial charge >= 0.3 is 0 Å². The second kappa shape index (κ2) is 10.2. The van der Waals surface area contributed by atoms with Crippen molar-refractivity contribution >= 4 is 5.96 Å². The molecule has 5 nitrogen and oxygen atoms in total. The Bertz CT molecular complexity index is 487. The summed E-state index contributed by atoms with van der Waals surface area (Å²) in [7, 11) is 1.82. The smallest absolute Gasteiger partial charge is 0.190 e. The van der Waals surface area contributed by atoms with Crippen LogP contribution in [0.5, 0.6) is 5.75 Å². The molecule has 0 aliphatic heterocycles. The maximum atomic E-state index is 5.69. The fraction of sp³-hybridized carbons (Fsp3) is 0.632. The molecule has 0 unspecified atom stereocenters. The molecule has 0 spiro atoms. The quantitative estimate of drug-likeness (QED) is 0.371. The molecule has 1 fully saturated rings. The van der Waals surface area contributed by atoms with Crippen molar-refractivity contribution in [3.05, 3.63) is 30.3 Å². The lowest BCUT2D eigenvalue weighted by Gasteiger charge is -2.18. The Balaban J connectivity index is 1.56. The fourth-order valence-corrected chi connectivity index (χ4v) is 2.60. The maximum Gasteiger partial charge on any atom is 0.190 e. The summed E-state index contributed by atoms with van der Waals surface area (Å²) in [6, 6.07) is 9.92. The summed E-state index contributed by atoms with van der Waals surface area (Å²) in [4.78, 5) is 4.29. The molecule has 1 aromatic rings. The van der Waals surface area contributed by atoms with Gasteiger partial charge in [-0.3, -0.25) is 4.99 Å². The van der Waals surface area contributed by atoms with Crippen LogP contribution < -0.4 is 15.4 Å². The first-order chi connectivity index (χ1) is 11.8. The lowest BCUT2D eigenvalue weighted by Crippen LogP contribution is -2.41. The average Bonchev–Trinajstić information content (AvgIpc) is 3.38. The van der Waals surface area contributed by atoms with E-state index < -0.39 is 0 Å². The molecule has 0 bridgehead atoms. The van der Waals surface area contributed by atoms with E-state index in [0.29, 0.717) is 12.0 Å². The number of hydrogen-bond acceptors (Lipinski definition) is 3. The van der Waals surface area contributed by atoms with E-state index in [4.69, 9.17) is 9.47 Å². The van der Waals surface area contributed by atoms with E-state index in [1.165, 1.54) is 12.8 Å². The standard InChI is InChI=1S/C19H31N3O2/c1-3-23-15-12-19(10-11-19)16-22-18(20-2)21-13-7-14-24-17-8-5-4-6-9-17/h4-6,8-9H,3,7,10-16H2,1-2H3,(H2,20,21,22). The van der Waals surface area contributed by atoms with Gasteiger partial charge in [-0.1, -0.05) is 18.2 Å². The summed E-state index contributed by atoms with van der Waals surface area (Å²) >= 11 is 0. The molecule has 2 rings (SSSR count). The van der Waals surface area contributed by atoms with Crippen LogP contribution in [0.2, 0.25) is 0 Å². The maximum absolute atomic E-state index is 5.69. The zero-order valence-electron chi connectivity index (χ0n) is 15.0. The number of nitrogens with zero attached hydrogens (tertiary/aromatic N) is 1. The van der Waals surface area contributed by atoms with Crippen LogP contribution in [-0.2, 0) is 4.74 Å². The van der Waals surface area contributed by atoms with Crippen molar-refractivity contribution < 1.29 is 9.47 Å². The number of guanidine groups is 1. The monoisotopic (exact) mass is 333 g/mol. The summed E-state index contributed by atoms with van der Waals surface area (Å²) in [6.07, 6.45) is 4.64. The summed E-state index contributed by atoms with van der Waals surface area (Å²) in [5, 5.41) is 6.80. The highest BCUT2D eigenvalue weighted by Crippen LogP contribution is 2.48.